The summed E-state index contributed by atoms with van der Waals surface area (Å²) < 4.78 is 11.1. The van der Waals surface area contributed by atoms with Crippen LogP contribution in [-0.4, -0.2) is 49.6 Å². The van der Waals surface area contributed by atoms with E-state index in [1.807, 2.05) is 0 Å². The zero-order valence-electron chi connectivity index (χ0n) is 17.9. The normalized spacial score (nSPS) is 11.1. The Morgan fingerprint density at radius 3 is 2.52 bits per heavy atom. The molecule has 33 heavy (non-hydrogen) atoms. The summed E-state index contributed by atoms with van der Waals surface area (Å²) in [6.45, 7) is -0.381. The van der Waals surface area contributed by atoms with Gasteiger partial charge in [0.15, 0.2) is 17.5 Å². The standard InChI is InChI=1S/C21H24BrN5O6/c1-32-16-8-12(7-14(22)19(16)33-2)15(9-18(29)30)27-17(28)10-25-20(31)11-4-3-5-13(6-11)26-21(23)24/h3-8,15H,9-10H2,1-2H3,(H,25,31)(H,27,28)(H,29,30)(H4,23,24,26). The predicted octanol–water partition coefficient (Wildman–Crippen LogP) is 1.83. The minimum Gasteiger partial charge on any atom is -0.493 e. The number of amides is 2. The van der Waals surface area contributed by atoms with Gasteiger partial charge in [0.2, 0.25) is 5.91 Å². The van der Waals surface area contributed by atoms with Gasteiger partial charge >= 0.3 is 5.97 Å². The first-order chi connectivity index (χ1) is 15.6. The summed E-state index contributed by atoms with van der Waals surface area (Å²) in [6.07, 6.45) is -0.389. The van der Waals surface area contributed by atoms with Crippen LogP contribution in [-0.2, 0) is 9.59 Å². The number of carbonyl (C=O) groups excluding carboxylic acids is 2. The third-order valence-corrected chi connectivity index (χ3v) is 4.97. The van der Waals surface area contributed by atoms with Crippen molar-refractivity contribution in [2.45, 2.75) is 12.5 Å². The van der Waals surface area contributed by atoms with Crippen LogP contribution in [0.1, 0.15) is 28.4 Å². The fraction of sp³-hybridized carbons (Fsp3) is 0.238. The SMILES string of the molecule is COc1cc(C(CC(=O)O)NC(=O)CNC(=O)c2cccc(NC(=N)N)c2)cc(Br)c1OC. The molecule has 0 aliphatic rings. The fourth-order valence-electron chi connectivity index (χ4n) is 2.97. The van der Waals surface area contributed by atoms with Gasteiger partial charge in [0.1, 0.15) is 0 Å². The van der Waals surface area contributed by atoms with Crippen LogP contribution in [0, 0.1) is 5.41 Å². The lowest BCUT2D eigenvalue weighted by atomic mass is 10.0. The number of nitrogens with two attached hydrogens (primary N) is 1. The van der Waals surface area contributed by atoms with Gasteiger partial charge < -0.3 is 36.3 Å². The number of carboxylic acids is 1. The quantitative estimate of drug-likeness (QED) is 0.202. The molecule has 0 aromatic heterocycles. The van der Waals surface area contributed by atoms with Crippen LogP contribution >= 0.6 is 15.9 Å². The maximum atomic E-state index is 12.5. The number of rotatable bonds is 10. The van der Waals surface area contributed by atoms with Crippen molar-refractivity contribution in [3.05, 3.63) is 52.0 Å². The molecule has 7 N–H and O–H groups in total. The molecule has 2 amide bonds. The Morgan fingerprint density at radius 1 is 1.18 bits per heavy atom. The van der Waals surface area contributed by atoms with E-state index in [1.165, 1.54) is 26.4 Å². The van der Waals surface area contributed by atoms with Crippen LogP contribution in [0.2, 0.25) is 0 Å². The van der Waals surface area contributed by atoms with Crippen LogP contribution < -0.4 is 31.2 Å². The monoisotopic (exact) mass is 521 g/mol. The maximum absolute atomic E-state index is 12.5. The van der Waals surface area contributed by atoms with Crippen molar-refractivity contribution in [3.63, 3.8) is 0 Å². The number of guanidine groups is 1. The minimum atomic E-state index is -1.12. The van der Waals surface area contributed by atoms with Gasteiger partial charge in [-0.2, -0.15) is 0 Å². The predicted molar refractivity (Wildman–Crippen MR) is 125 cm³/mol. The molecule has 0 aliphatic heterocycles. The molecule has 2 aromatic carbocycles. The third-order valence-electron chi connectivity index (χ3n) is 4.39. The first-order valence-corrected chi connectivity index (χ1v) is 10.4. The van der Waals surface area contributed by atoms with Gasteiger partial charge in [-0.15, -0.1) is 0 Å². The molecule has 0 fully saturated rings. The van der Waals surface area contributed by atoms with Crippen LogP contribution in [0.15, 0.2) is 40.9 Å². The number of benzene rings is 2. The second kappa shape index (κ2) is 11.7. The third kappa shape index (κ3) is 7.38. The summed E-state index contributed by atoms with van der Waals surface area (Å²) in [6, 6.07) is 8.55. The largest absolute Gasteiger partial charge is 0.493 e. The molecule has 1 unspecified atom stereocenters. The highest BCUT2D eigenvalue weighted by Gasteiger charge is 2.22. The number of carboxylic acid groups (broad SMARTS) is 1. The molecule has 11 nitrogen and oxygen atoms in total. The Labute approximate surface area is 198 Å². The summed E-state index contributed by atoms with van der Waals surface area (Å²) in [5, 5.41) is 24.2. The zero-order valence-corrected chi connectivity index (χ0v) is 19.5. The zero-order chi connectivity index (χ0) is 24.5. The van der Waals surface area contributed by atoms with Crippen LogP contribution in [0.3, 0.4) is 0 Å². The van der Waals surface area contributed by atoms with Crippen molar-refractivity contribution < 1.29 is 29.0 Å². The molecule has 176 valence electrons. The number of anilines is 1. The van der Waals surface area contributed by atoms with Crippen LogP contribution in [0.25, 0.3) is 0 Å². The summed E-state index contributed by atoms with van der Waals surface area (Å²) in [4.78, 5) is 36.2. The molecular weight excluding hydrogens is 498 g/mol. The van der Waals surface area contributed by atoms with Gasteiger partial charge in [0.05, 0.1) is 37.7 Å². The number of hydrogen-bond donors (Lipinski definition) is 6. The Bertz CT molecular complexity index is 1060. The van der Waals surface area contributed by atoms with E-state index >= 15 is 0 Å². The number of halogens is 1. The van der Waals surface area contributed by atoms with E-state index in [0.717, 1.165) is 0 Å². The Hall–Kier alpha value is -3.80. The molecule has 0 saturated carbocycles. The fourth-order valence-corrected chi connectivity index (χ4v) is 3.59. The van der Waals surface area contributed by atoms with E-state index in [0.29, 0.717) is 27.2 Å². The van der Waals surface area contributed by atoms with Crippen LogP contribution in [0.4, 0.5) is 5.69 Å². The van der Waals surface area contributed by atoms with Gasteiger partial charge in [-0.3, -0.25) is 19.8 Å². The lowest BCUT2D eigenvalue weighted by Crippen LogP contribution is -2.39. The first kappa shape index (κ1) is 25.5. The lowest BCUT2D eigenvalue weighted by molar-refractivity contribution is -0.137. The average Bonchev–Trinajstić information content (AvgIpc) is 2.75. The van der Waals surface area contributed by atoms with Gasteiger partial charge in [0, 0.05) is 11.3 Å². The second-order valence-corrected chi connectivity index (χ2v) is 7.61. The van der Waals surface area contributed by atoms with Crippen molar-refractivity contribution >= 4 is 45.4 Å². The van der Waals surface area contributed by atoms with Crippen molar-refractivity contribution in [2.75, 3.05) is 26.1 Å². The van der Waals surface area contributed by atoms with E-state index in [2.05, 4.69) is 31.9 Å². The first-order valence-electron chi connectivity index (χ1n) is 9.56. The van der Waals surface area contributed by atoms with Crippen molar-refractivity contribution in [3.8, 4) is 11.5 Å². The smallest absolute Gasteiger partial charge is 0.305 e. The van der Waals surface area contributed by atoms with E-state index in [4.69, 9.17) is 20.6 Å². The van der Waals surface area contributed by atoms with Gasteiger partial charge in [-0.1, -0.05) is 6.07 Å². The van der Waals surface area contributed by atoms with E-state index in [1.54, 1.807) is 24.3 Å². The van der Waals surface area contributed by atoms with Gasteiger partial charge in [-0.25, -0.2) is 0 Å². The summed E-state index contributed by atoms with van der Waals surface area (Å²) in [5.74, 6) is -1.72. The summed E-state index contributed by atoms with van der Waals surface area (Å²) in [5.41, 5.74) is 6.45. The second-order valence-electron chi connectivity index (χ2n) is 6.76. The van der Waals surface area contributed by atoms with Crippen LogP contribution in [0.5, 0.6) is 11.5 Å². The molecule has 0 heterocycles. The Kier molecular flexibility index (Phi) is 9.04. The number of ether oxygens (including phenoxy) is 2. The topological polar surface area (TPSA) is 176 Å². The number of aliphatic carboxylic acids is 1. The number of hydrogen-bond acceptors (Lipinski definition) is 6. The highest BCUT2D eigenvalue weighted by Crippen LogP contribution is 2.38. The van der Waals surface area contributed by atoms with E-state index < -0.39 is 23.8 Å². The molecule has 0 spiro atoms. The molecule has 0 aliphatic carbocycles. The molecular formula is C21H24BrN5O6. The minimum absolute atomic E-state index is 0.250. The molecule has 0 bridgehead atoms. The summed E-state index contributed by atoms with van der Waals surface area (Å²) >= 11 is 3.35. The Balaban J connectivity index is 2.10. The van der Waals surface area contributed by atoms with Gasteiger partial charge in [-0.05, 0) is 51.8 Å². The van der Waals surface area contributed by atoms with Crippen molar-refractivity contribution in [1.82, 2.24) is 10.6 Å². The Morgan fingerprint density at radius 2 is 1.91 bits per heavy atom. The number of methoxy groups -OCH3 is 2. The van der Waals surface area contributed by atoms with Crippen molar-refractivity contribution in [1.29, 1.82) is 5.41 Å². The molecule has 2 aromatic rings. The van der Waals surface area contributed by atoms with Gasteiger partial charge in [0.25, 0.3) is 5.91 Å². The lowest BCUT2D eigenvalue weighted by Gasteiger charge is -2.20. The molecule has 1 atom stereocenters. The average molecular weight is 522 g/mol. The summed E-state index contributed by atoms with van der Waals surface area (Å²) in [7, 11) is 2.91. The molecule has 2 rings (SSSR count). The maximum Gasteiger partial charge on any atom is 0.305 e. The number of nitrogens with one attached hydrogen (secondary N) is 4. The molecule has 0 radical (unpaired) electrons. The van der Waals surface area contributed by atoms with E-state index in [9.17, 15) is 19.5 Å². The van der Waals surface area contributed by atoms with Crippen molar-refractivity contribution in [2.24, 2.45) is 5.73 Å². The van der Waals surface area contributed by atoms with E-state index in [-0.39, 0.29) is 24.5 Å². The number of carbonyl (C=O) groups is 3. The molecule has 0 saturated heterocycles. The highest BCUT2D eigenvalue weighted by molar-refractivity contribution is 9.10. The highest BCUT2D eigenvalue weighted by atomic mass is 79.9. The molecule has 12 heteroatoms.